The first-order valence-corrected chi connectivity index (χ1v) is 11.3. The molecular formula is C29H29NO2. The Labute approximate surface area is 190 Å². The van der Waals surface area contributed by atoms with Crippen LogP contribution in [0.4, 0.5) is 0 Å². The third-order valence-electron chi connectivity index (χ3n) is 5.78. The lowest BCUT2D eigenvalue weighted by molar-refractivity contribution is -0.118. The van der Waals surface area contributed by atoms with Crippen molar-refractivity contribution in [2.75, 3.05) is 7.11 Å². The Morgan fingerprint density at radius 3 is 2.44 bits per heavy atom. The van der Waals surface area contributed by atoms with Gasteiger partial charge in [0.05, 0.1) is 18.3 Å². The second-order valence-corrected chi connectivity index (χ2v) is 8.15. The molecule has 0 aliphatic carbocycles. The lowest BCUT2D eigenvalue weighted by Gasteiger charge is -2.15. The maximum atomic E-state index is 12.4. The number of benzene rings is 3. The first-order chi connectivity index (χ1) is 15.7. The van der Waals surface area contributed by atoms with Crippen molar-refractivity contribution in [3.8, 4) is 28.1 Å². The van der Waals surface area contributed by atoms with Crippen molar-refractivity contribution >= 4 is 16.7 Å². The van der Waals surface area contributed by atoms with Gasteiger partial charge in [0.15, 0.2) is 0 Å². The lowest BCUT2D eigenvalue weighted by Crippen LogP contribution is -2.02. The Balaban J connectivity index is 1.79. The van der Waals surface area contributed by atoms with Gasteiger partial charge in [0.1, 0.15) is 11.5 Å². The van der Waals surface area contributed by atoms with Crippen LogP contribution in [0, 0.1) is 0 Å². The minimum atomic E-state index is 0.302. The number of carbonyl (C=O) groups excluding carboxylic acids is 1. The highest BCUT2D eigenvalue weighted by molar-refractivity contribution is 5.93. The van der Waals surface area contributed by atoms with Crippen molar-refractivity contribution in [2.24, 2.45) is 0 Å². The van der Waals surface area contributed by atoms with Crippen LogP contribution >= 0.6 is 0 Å². The van der Waals surface area contributed by atoms with Gasteiger partial charge < -0.3 is 4.74 Å². The fraction of sp³-hybridized carbons (Fsp3) is 0.241. The van der Waals surface area contributed by atoms with Gasteiger partial charge in [0.25, 0.3) is 0 Å². The van der Waals surface area contributed by atoms with E-state index in [0.717, 1.165) is 63.9 Å². The molecule has 0 radical (unpaired) electrons. The van der Waals surface area contributed by atoms with Crippen molar-refractivity contribution in [3.05, 3.63) is 84.4 Å². The van der Waals surface area contributed by atoms with E-state index >= 15 is 0 Å². The summed E-state index contributed by atoms with van der Waals surface area (Å²) in [7, 11) is 1.69. The van der Waals surface area contributed by atoms with E-state index in [2.05, 4.69) is 37.3 Å². The van der Waals surface area contributed by atoms with Crippen molar-refractivity contribution < 1.29 is 9.53 Å². The molecule has 3 aromatic carbocycles. The minimum absolute atomic E-state index is 0.302. The van der Waals surface area contributed by atoms with Gasteiger partial charge >= 0.3 is 0 Å². The third-order valence-corrected chi connectivity index (χ3v) is 5.78. The monoisotopic (exact) mass is 423 g/mol. The van der Waals surface area contributed by atoms with Crippen molar-refractivity contribution in [3.63, 3.8) is 0 Å². The molecule has 0 saturated heterocycles. The third kappa shape index (κ3) is 4.88. The molecule has 0 amide bonds. The SMILES string of the molecule is CCCCCC(=O)Cc1ccc2nc(-c3ccccc3)c(-c3ccccc3OC)cc2c1. The summed E-state index contributed by atoms with van der Waals surface area (Å²) in [6.07, 6.45) is 4.35. The number of hydrogen-bond acceptors (Lipinski definition) is 3. The topological polar surface area (TPSA) is 39.2 Å². The van der Waals surface area contributed by atoms with Gasteiger partial charge in [-0.05, 0) is 36.2 Å². The number of aromatic nitrogens is 1. The first kappa shape index (κ1) is 21.8. The predicted molar refractivity (Wildman–Crippen MR) is 132 cm³/mol. The number of fused-ring (bicyclic) bond motifs is 1. The van der Waals surface area contributed by atoms with E-state index in [9.17, 15) is 4.79 Å². The van der Waals surface area contributed by atoms with E-state index in [0.29, 0.717) is 18.6 Å². The van der Waals surface area contributed by atoms with Gasteiger partial charge in [-0.25, -0.2) is 4.98 Å². The van der Waals surface area contributed by atoms with Crippen molar-refractivity contribution in [2.45, 2.75) is 39.0 Å². The molecule has 3 nitrogen and oxygen atoms in total. The number of para-hydroxylation sites is 1. The smallest absolute Gasteiger partial charge is 0.137 e. The van der Waals surface area contributed by atoms with Crippen LogP contribution in [0.15, 0.2) is 78.9 Å². The Kier molecular flexibility index (Phi) is 6.96. The fourth-order valence-corrected chi connectivity index (χ4v) is 4.11. The highest BCUT2D eigenvalue weighted by atomic mass is 16.5. The van der Waals surface area contributed by atoms with Gasteiger partial charge in [-0.2, -0.15) is 0 Å². The Hall–Kier alpha value is -3.46. The van der Waals surface area contributed by atoms with Gasteiger partial charge in [-0.1, -0.05) is 74.4 Å². The number of ketones is 1. The van der Waals surface area contributed by atoms with E-state index < -0.39 is 0 Å². The van der Waals surface area contributed by atoms with Gasteiger partial charge in [-0.15, -0.1) is 0 Å². The Morgan fingerprint density at radius 2 is 1.66 bits per heavy atom. The molecule has 1 aromatic heterocycles. The summed E-state index contributed by atoms with van der Waals surface area (Å²) in [5.74, 6) is 1.12. The molecule has 0 unspecified atom stereocenters. The average Bonchev–Trinajstić information content (AvgIpc) is 2.84. The summed E-state index contributed by atoms with van der Waals surface area (Å²) in [5.41, 5.74) is 5.97. The molecule has 1 heterocycles. The van der Waals surface area contributed by atoms with Crippen LogP contribution in [-0.2, 0) is 11.2 Å². The number of pyridine rings is 1. The number of unbranched alkanes of at least 4 members (excludes halogenated alkanes) is 2. The zero-order valence-electron chi connectivity index (χ0n) is 18.8. The summed E-state index contributed by atoms with van der Waals surface area (Å²) in [4.78, 5) is 17.4. The Bertz CT molecular complexity index is 1210. The molecule has 0 spiro atoms. The van der Waals surface area contributed by atoms with Crippen LogP contribution in [0.3, 0.4) is 0 Å². The second-order valence-electron chi connectivity index (χ2n) is 8.15. The molecule has 0 bridgehead atoms. The quantitative estimate of drug-likeness (QED) is 0.266. The Morgan fingerprint density at radius 1 is 0.875 bits per heavy atom. The van der Waals surface area contributed by atoms with E-state index in [1.807, 2.05) is 48.5 Å². The zero-order chi connectivity index (χ0) is 22.3. The molecular weight excluding hydrogens is 394 g/mol. The van der Waals surface area contributed by atoms with E-state index in [1.54, 1.807) is 7.11 Å². The summed E-state index contributed by atoms with van der Waals surface area (Å²) in [6.45, 7) is 2.16. The van der Waals surface area contributed by atoms with E-state index in [4.69, 9.17) is 9.72 Å². The fourth-order valence-electron chi connectivity index (χ4n) is 4.11. The van der Waals surface area contributed by atoms with Crippen LogP contribution in [0.1, 0.15) is 38.2 Å². The van der Waals surface area contributed by atoms with Crippen molar-refractivity contribution in [1.82, 2.24) is 4.98 Å². The van der Waals surface area contributed by atoms with Gasteiger partial charge in [-0.3, -0.25) is 4.79 Å². The maximum Gasteiger partial charge on any atom is 0.137 e. The van der Waals surface area contributed by atoms with Crippen LogP contribution < -0.4 is 4.74 Å². The molecule has 4 aromatic rings. The first-order valence-electron chi connectivity index (χ1n) is 11.3. The molecule has 0 saturated carbocycles. The molecule has 0 aliphatic rings. The van der Waals surface area contributed by atoms with Crippen molar-refractivity contribution in [1.29, 1.82) is 0 Å². The predicted octanol–water partition coefficient (Wildman–Crippen LogP) is 7.27. The molecule has 0 atom stereocenters. The second kappa shape index (κ2) is 10.2. The molecule has 4 rings (SSSR count). The minimum Gasteiger partial charge on any atom is -0.496 e. The highest BCUT2D eigenvalue weighted by Gasteiger charge is 2.15. The van der Waals surface area contributed by atoms with E-state index in [1.165, 1.54) is 0 Å². The molecule has 3 heteroatoms. The number of carbonyl (C=O) groups is 1. The van der Waals surface area contributed by atoms with Gasteiger partial charge in [0.2, 0.25) is 0 Å². The van der Waals surface area contributed by atoms with Crippen LogP contribution in [0.5, 0.6) is 5.75 Å². The molecule has 162 valence electrons. The summed E-state index contributed by atoms with van der Waals surface area (Å²) in [6, 6.07) is 26.6. The average molecular weight is 424 g/mol. The maximum absolute atomic E-state index is 12.4. The number of ether oxygens (including phenoxy) is 1. The zero-order valence-corrected chi connectivity index (χ0v) is 18.8. The van der Waals surface area contributed by atoms with E-state index in [-0.39, 0.29) is 0 Å². The molecule has 0 N–H and O–H groups in total. The van der Waals surface area contributed by atoms with Crippen LogP contribution in [0.2, 0.25) is 0 Å². The number of methoxy groups -OCH3 is 1. The number of nitrogens with zero attached hydrogens (tertiary/aromatic N) is 1. The number of hydrogen-bond donors (Lipinski definition) is 0. The lowest BCUT2D eigenvalue weighted by atomic mass is 9.95. The normalized spacial score (nSPS) is 10.9. The summed E-state index contributed by atoms with van der Waals surface area (Å²) >= 11 is 0. The van der Waals surface area contributed by atoms with Crippen LogP contribution in [-0.4, -0.2) is 17.9 Å². The summed E-state index contributed by atoms with van der Waals surface area (Å²) < 4.78 is 5.65. The highest BCUT2D eigenvalue weighted by Crippen LogP contribution is 2.38. The molecule has 0 fully saturated rings. The van der Waals surface area contributed by atoms with Crippen LogP contribution in [0.25, 0.3) is 33.3 Å². The van der Waals surface area contributed by atoms with Gasteiger partial charge in [0, 0.05) is 34.9 Å². The standard InChI is InChI=1S/C29H29NO2/c1-3-4-6-13-24(31)19-21-16-17-27-23(18-21)20-26(25-14-9-10-15-28(25)32-2)29(30-27)22-11-7-5-8-12-22/h5,7-12,14-18,20H,3-4,6,13,19H2,1-2H3. The number of Topliss-reactive ketones (excluding diaryl/α,β-unsaturated/α-hetero) is 1. The number of rotatable bonds is 9. The largest absolute Gasteiger partial charge is 0.496 e. The molecule has 0 aliphatic heterocycles. The summed E-state index contributed by atoms with van der Waals surface area (Å²) in [5, 5.41) is 1.03. The molecule has 32 heavy (non-hydrogen) atoms.